The summed E-state index contributed by atoms with van der Waals surface area (Å²) in [5.41, 5.74) is 2.79. The second-order valence-electron chi connectivity index (χ2n) is 6.17. The fraction of sp³-hybridized carbons (Fsp3) is 0.0455. The van der Waals surface area contributed by atoms with E-state index in [1.165, 1.54) is 12.1 Å². The molecule has 139 valence electrons. The number of carboxylic acids is 1. The number of carbonyl (C=O) groups is 1. The van der Waals surface area contributed by atoms with Crippen molar-refractivity contribution in [2.24, 2.45) is 0 Å². The van der Waals surface area contributed by atoms with Crippen molar-refractivity contribution in [3.05, 3.63) is 78.2 Å². The number of benzene rings is 3. The molecule has 0 bridgehead atoms. The van der Waals surface area contributed by atoms with Crippen LogP contribution in [0.1, 0.15) is 10.5 Å². The number of ether oxygens (including phenoxy) is 1. The smallest absolute Gasteiger partial charge is 0.355 e. The van der Waals surface area contributed by atoms with E-state index in [-0.39, 0.29) is 46.5 Å². The van der Waals surface area contributed by atoms with Gasteiger partial charge in [0.05, 0.1) is 12.6 Å². The Morgan fingerprint density at radius 2 is 1.66 bits per heavy atom. The van der Waals surface area contributed by atoms with Crippen molar-refractivity contribution in [3.8, 4) is 28.3 Å². The number of aromatic nitrogens is 2. The van der Waals surface area contributed by atoms with Crippen molar-refractivity contribution in [2.75, 3.05) is 7.11 Å². The summed E-state index contributed by atoms with van der Waals surface area (Å²) in [7, 11) is 1.62. The van der Waals surface area contributed by atoms with E-state index in [1.54, 1.807) is 7.11 Å². The van der Waals surface area contributed by atoms with E-state index >= 15 is 0 Å². The van der Waals surface area contributed by atoms with Crippen molar-refractivity contribution in [1.29, 1.82) is 0 Å². The Balaban J connectivity index is 0.00000240. The molecule has 4 rings (SSSR count). The van der Waals surface area contributed by atoms with Crippen LogP contribution in [0, 0.1) is 5.82 Å². The molecule has 0 saturated heterocycles. The Hall–Kier alpha value is -2.80. The van der Waals surface area contributed by atoms with Crippen LogP contribution in [-0.2, 0) is 0 Å². The zero-order chi connectivity index (χ0) is 19.7. The van der Waals surface area contributed by atoms with E-state index in [9.17, 15) is 14.3 Å². The molecule has 0 saturated carbocycles. The average molecular weight is 397 g/mol. The van der Waals surface area contributed by atoms with Gasteiger partial charge in [0.2, 0.25) is 0 Å². The van der Waals surface area contributed by atoms with Crippen molar-refractivity contribution in [3.63, 3.8) is 0 Å². The summed E-state index contributed by atoms with van der Waals surface area (Å²) in [6, 6.07) is 19.0. The predicted octanol–water partition coefficient (Wildman–Crippen LogP) is 4.43. The van der Waals surface area contributed by atoms with E-state index < -0.39 is 11.8 Å². The molecule has 1 aromatic heterocycles. The Morgan fingerprint density at radius 1 is 0.931 bits per heavy atom. The molecule has 0 unspecified atom stereocenters. The quantitative estimate of drug-likeness (QED) is 0.516. The SMILES string of the molecule is COc1cccc(-c2ccc(-c3nc(C(=O)O)c4cc(F)ccc4n3)cc2)c1.[Na]. The van der Waals surface area contributed by atoms with Crippen LogP contribution in [0.15, 0.2) is 66.7 Å². The van der Waals surface area contributed by atoms with Gasteiger partial charge < -0.3 is 9.84 Å². The molecule has 4 aromatic rings. The minimum absolute atomic E-state index is 0. The van der Waals surface area contributed by atoms with Crippen molar-refractivity contribution in [1.82, 2.24) is 9.97 Å². The number of methoxy groups -OCH3 is 1. The molecule has 0 fully saturated rings. The number of hydrogen-bond acceptors (Lipinski definition) is 4. The minimum Gasteiger partial charge on any atom is -0.497 e. The number of hydrogen-bond donors (Lipinski definition) is 1. The number of aromatic carboxylic acids is 1. The van der Waals surface area contributed by atoms with Crippen molar-refractivity contribution in [2.45, 2.75) is 0 Å². The molecule has 7 heteroatoms. The number of carboxylic acid groups (broad SMARTS) is 1. The Morgan fingerprint density at radius 3 is 2.34 bits per heavy atom. The summed E-state index contributed by atoms with van der Waals surface area (Å²) in [5.74, 6) is -0.729. The van der Waals surface area contributed by atoms with E-state index in [4.69, 9.17) is 4.74 Å². The first-order valence-corrected chi connectivity index (χ1v) is 8.50. The summed E-state index contributed by atoms with van der Waals surface area (Å²) in [5, 5.41) is 9.63. The van der Waals surface area contributed by atoms with Crippen LogP contribution < -0.4 is 4.74 Å². The molecule has 5 nitrogen and oxygen atoms in total. The topological polar surface area (TPSA) is 72.3 Å². The van der Waals surface area contributed by atoms with Crippen LogP contribution in [0.2, 0.25) is 0 Å². The standard InChI is InChI=1S/C22H15FN2O3.Na/c1-28-17-4-2-3-15(11-17)13-5-7-14(8-6-13)21-24-19-10-9-16(23)12-18(19)20(25-21)22(26)27;/h2-12H,1H3,(H,26,27);. The van der Waals surface area contributed by atoms with Gasteiger partial charge in [-0.05, 0) is 41.5 Å². The summed E-state index contributed by atoms with van der Waals surface area (Å²) >= 11 is 0. The third kappa shape index (κ3) is 4.29. The van der Waals surface area contributed by atoms with E-state index in [0.717, 1.165) is 22.9 Å². The van der Waals surface area contributed by atoms with Crippen LogP contribution >= 0.6 is 0 Å². The molecule has 0 aliphatic carbocycles. The third-order valence-electron chi connectivity index (χ3n) is 4.41. The zero-order valence-corrected chi connectivity index (χ0v) is 17.9. The first-order valence-electron chi connectivity index (χ1n) is 8.50. The predicted molar refractivity (Wildman–Crippen MR) is 110 cm³/mol. The maximum atomic E-state index is 13.5. The average Bonchev–Trinajstić information content (AvgIpc) is 2.73. The van der Waals surface area contributed by atoms with E-state index in [2.05, 4.69) is 9.97 Å². The van der Waals surface area contributed by atoms with Gasteiger partial charge in [-0.3, -0.25) is 0 Å². The van der Waals surface area contributed by atoms with Crippen molar-refractivity contribution >= 4 is 46.4 Å². The molecule has 0 spiro atoms. The Kier molecular flexibility index (Phi) is 6.27. The largest absolute Gasteiger partial charge is 0.497 e. The van der Waals surface area contributed by atoms with Gasteiger partial charge in [-0.1, -0.05) is 36.4 Å². The van der Waals surface area contributed by atoms with Crippen LogP contribution in [0.3, 0.4) is 0 Å². The fourth-order valence-corrected chi connectivity index (χ4v) is 3.01. The maximum absolute atomic E-state index is 13.5. The molecule has 0 aliphatic heterocycles. The van der Waals surface area contributed by atoms with Crippen LogP contribution in [0.5, 0.6) is 5.75 Å². The number of rotatable bonds is 4. The van der Waals surface area contributed by atoms with Gasteiger partial charge >= 0.3 is 5.97 Å². The van der Waals surface area contributed by atoms with Gasteiger partial charge in [-0.15, -0.1) is 0 Å². The summed E-state index contributed by atoms with van der Waals surface area (Å²) in [6.07, 6.45) is 0. The van der Waals surface area contributed by atoms with Crippen molar-refractivity contribution < 1.29 is 19.0 Å². The van der Waals surface area contributed by atoms with E-state index in [1.807, 2.05) is 48.5 Å². The first-order chi connectivity index (χ1) is 13.5. The van der Waals surface area contributed by atoms with Gasteiger partial charge in [-0.25, -0.2) is 19.2 Å². The number of halogens is 1. The third-order valence-corrected chi connectivity index (χ3v) is 4.41. The van der Waals surface area contributed by atoms with Gasteiger partial charge in [0, 0.05) is 40.5 Å². The Labute approximate surface area is 188 Å². The molecule has 0 aliphatic rings. The normalized spacial score (nSPS) is 10.4. The summed E-state index contributed by atoms with van der Waals surface area (Å²) in [6.45, 7) is 0. The molecule has 1 N–H and O–H groups in total. The summed E-state index contributed by atoms with van der Waals surface area (Å²) < 4.78 is 18.8. The molecule has 1 radical (unpaired) electrons. The molecular weight excluding hydrogens is 382 g/mol. The monoisotopic (exact) mass is 397 g/mol. The fourth-order valence-electron chi connectivity index (χ4n) is 3.01. The molecular formula is C22H15FN2NaO3. The maximum Gasteiger partial charge on any atom is 0.355 e. The van der Waals surface area contributed by atoms with E-state index in [0.29, 0.717) is 11.1 Å². The van der Waals surface area contributed by atoms with Gasteiger partial charge in [0.15, 0.2) is 11.5 Å². The number of fused-ring (bicyclic) bond motifs is 1. The van der Waals surface area contributed by atoms with Gasteiger partial charge in [0.25, 0.3) is 0 Å². The molecule has 0 amide bonds. The Bertz CT molecular complexity index is 1200. The van der Waals surface area contributed by atoms with Gasteiger partial charge in [-0.2, -0.15) is 0 Å². The molecule has 0 atom stereocenters. The second-order valence-corrected chi connectivity index (χ2v) is 6.17. The van der Waals surface area contributed by atoms with Crippen LogP contribution in [0.25, 0.3) is 33.4 Å². The van der Waals surface area contributed by atoms with Gasteiger partial charge in [0.1, 0.15) is 11.6 Å². The molecule has 1 heterocycles. The van der Waals surface area contributed by atoms with Crippen LogP contribution in [0.4, 0.5) is 4.39 Å². The molecule has 3 aromatic carbocycles. The first kappa shape index (κ1) is 20.9. The van der Waals surface area contributed by atoms with Crippen LogP contribution in [-0.4, -0.2) is 57.7 Å². The second kappa shape index (κ2) is 8.69. The molecule has 29 heavy (non-hydrogen) atoms. The number of nitrogens with zero attached hydrogens (tertiary/aromatic N) is 2. The zero-order valence-electron chi connectivity index (χ0n) is 15.9. The minimum atomic E-state index is -1.23. The summed E-state index contributed by atoms with van der Waals surface area (Å²) in [4.78, 5) is 20.1.